The van der Waals surface area contributed by atoms with E-state index in [9.17, 15) is 9.59 Å². The topological polar surface area (TPSA) is 71.3 Å². The van der Waals surface area contributed by atoms with Gasteiger partial charge in [-0.05, 0) is 56.6 Å². The lowest BCUT2D eigenvalue weighted by Crippen LogP contribution is -2.33. The molecule has 2 fully saturated rings. The molecule has 114 valence electrons. The van der Waals surface area contributed by atoms with Gasteiger partial charge < -0.3 is 15.0 Å². The molecule has 5 nitrogen and oxygen atoms in total. The molecule has 0 radical (unpaired) electrons. The third kappa shape index (κ3) is 3.28. The number of carbonyl (C=O) groups is 2. The Kier molecular flexibility index (Phi) is 3.99. The fourth-order valence-corrected chi connectivity index (χ4v) is 3.20. The van der Waals surface area contributed by atoms with Gasteiger partial charge in [-0.2, -0.15) is 0 Å². The summed E-state index contributed by atoms with van der Waals surface area (Å²) in [5.74, 6) is -0.468. The Morgan fingerprint density at radius 2 is 1.90 bits per heavy atom. The zero-order chi connectivity index (χ0) is 14.8. The molecule has 0 bridgehead atoms. The lowest BCUT2D eigenvalue weighted by Gasteiger charge is -2.26. The molecule has 1 aromatic heterocycles. The van der Waals surface area contributed by atoms with E-state index in [0.29, 0.717) is 18.5 Å². The first-order chi connectivity index (χ1) is 10.1. The van der Waals surface area contributed by atoms with Crippen LogP contribution in [0.25, 0.3) is 0 Å². The molecule has 0 spiro atoms. The van der Waals surface area contributed by atoms with Crippen LogP contribution in [0, 0.1) is 11.8 Å². The maximum atomic E-state index is 12.2. The minimum absolute atomic E-state index is 0.00717. The molecule has 2 aliphatic carbocycles. The smallest absolute Gasteiger partial charge is 0.306 e. The van der Waals surface area contributed by atoms with Gasteiger partial charge in [0, 0.05) is 18.8 Å². The van der Waals surface area contributed by atoms with Crippen molar-refractivity contribution >= 4 is 11.9 Å². The zero-order valence-corrected chi connectivity index (χ0v) is 12.1. The quantitative estimate of drug-likeness (QED) is 0.875. The van der Waals surface area contributed by atoms with Gasteiger partial charge in [0.05, 0.1) is 5.92 Å². The first kappa shape index (κ1) is 14.2. The van der Waals surface area contributed by atoms with Gasteiger partial charge in [0.1, 0.15) is 5.69 Å². The molecule has 1 heterocycles. The monoisotopic (exact) mass is 290 g/mol. The second-order valence-electron chi connectivity index (χ2n) is 6.30. The number of nitrogens with one attached hydrogen (secondary N) is 1. The Morgan fingerprint density at radius 1 is 1.19 bits per heavy atom. The molecule has 0 saturated heterocycles. The summed E-state index contributed by atoms with van der Waals surface area (Å²) in [7, 11) is 0. The molecule has 2 N–H and O–H groups in total. The van der Waals surface area contributed by atoms with E-state index in [0.717, 1.165) is 44.2 Å². The summed E-state index contributed by atoms with van der Waals surface area (Å²) in [6.07, 6.45) is 7.54. The molecule has 0 aromatic carbocycles. The van der Waals surface area contributed by atoms with Crippen molar-refractivity contribution in [3.8, 4) is 0 Å². The molecule has 5 heteroatoms. The number of hydrogen-bond donors (Lipinski definition) is 2. The van der Waals surface area contributed by atoms with E-state index in [2.05, 4.69) is 9.88 Å². The van der Waals surface area contributed by atoms with E-state index < -0.39 is 5.97 Å². The highest BCUT2D eigenvalue weighted by atomic mass is 16.4. The highest BCUT2D eigenvalue weighted by Crippen LogP contribution is 2.36. The first-order valence-corrected chi connectivity index (χ1v) is 7.83. The number of aromatic nitrogens is 1. The van der Waals surface area contributed by atoms with E-state index in [-0.39, 0.29) is 11.8 Å². The van der Waals surface area contributed by atoms with Gasteiger partial charge in [-0.15, -0.1) is 0 Å². The van der Waals surface area contributed by atoms with Crippen LogP contribution in [0.5, 0.6) is 0 Å². The predicted octanol–water partition coefficient (Wildman–Crippen LogP) is 2.44. The molecule has 1 amide bonds. The van der Waals surface area contributed by atoms with Gasteiger partial charge in [0.25, 0.3) is 5.91 Å². The summed E-state index contributed by atoms with van der Waals surface area (Å²) in [6, 6.07) is 4.30. The van der Waals surface area contributed by atoms with Gasteiger partial charge in [-0.3, -0.25) is 9.59 Å². The third-order valence-corrected chi connectivity index (χ3v) is 4.70. The average Bonchev–Trinajstić information content (AvgIpc) is 3.22. The highest BCUT2D eigenvalue weighted by Gasteiger charge is 2.28. The maximum absolute atomic E-state index is 12.2. The van der Waals surface area contributed by atoms with Crippen molar-refractivity contribution in [2.45, 2.75) is 44.6 Å². The van der Waals surface area contributed by atoms with E-state index >= 15 is 0 Å². The summed E-state index contributed by atoms with van der Waals surface area (Å²) in [6.45, 7) is 0.654. The summed E-state index contributed by atoms with van der Waals surface area (Å²) < 4.78 is 2.07. The zero-order valence-electron chi connectivity index (χ0n) is 12.1. The molecule has 2 aliphatic rings. The second-order valence-corrected chi connectivity index (χ2v) is 6.30. The Hall–Kier alpha value is -1.78. The van der Waals surface area contributed by atoms with E-state index in [4.69, 9.17) is 5.11 Å². The van der Waals surface area contributed by atoms with Crippen molar-refractivity contribution in [1.82, 2.24) is 9.88 Å². The molecule has 0 unspecified atom stereocenters. The Balaban J connectivity index is 1.48. The van der Waals surface area contributed by atoms with E-state index in [1.165, 1.54) is 0 Å². The van der Waals surface area contributed by atoms with Crippen molar-refractivity contribution in [2.24, 2.45) is 11.8 Å². The number of hydrogen-bond acceptors (Lipinski definition) is 2. The fraction of sp³-hybridized carbons (Fsp3) is 0.625. The van der Waals surface area contributed by atoms with Crippen LogP contribution in [0.1, 0.15) is 55.1 Å². The summed E-state index contributed by atoms with van der Waals surface area (Å²) in [5.41, 5.74) is 0.747. The van der Waals surface area contributed by atoms with Crippen molar-refractivity contribution in [1.29, 1.82) is 0 Å². The van der Waals surface area contributed by atoms with E-state index in [1.807, 2.05) is 18.3 Å². The van der Waals surface area contributed by atoms with Crippen LogP contribution in [0.3, 0.4) is 0 Å². The summed E-state index contributed by atoms with van der Waals surface area (Å²) in [4.78, 5) is 23.2. The van der Waals surface area contributed by atoms with Gasteiger partial charge in [-0.1, -0.05) is 0 Å². The van der Waals surface area contributed by atoms with Crippen molar-refractivity contribution in [3.63, 3.8) is 0 Å². The largest absolute Gasteiger partial charge is 0.481 e. The Bertz CT molecular complexity index is 525. The number of carboxylic acid groups (broad SMARTS) is 1. The minimum atomic E-state index is -0.681. The molecular formula is C16H22N2O3. The lowest BCUT2D eigenvalue weighted by molar-refractivity contribution is -0.143. The number of carboxylic acids is 1. The summed E-state index contributed by atoms with van der Waals surface area (Å²) in [5, 5.41) is 12.0. The number of nitrogens with zero attached hydrogens (tertiary/aromatic N) is 1. The number of carbonyl (C=O) groups excluding carboxylic acids is 1. The number of aliphatic carboxylic acids is 1. The van der Waals surface area contributed by atoms with Gasteiger partial charge >= 0.3 is 5.97 Å². The molecule has 3 rings (SSSR count). The van der Waals surface area contributed by atoms with Crippen molar-refractivity contribution in [3.05, 3.63) is 24.0 Å². The SMILES string of the molecule is O=C(NCC1CCC(C(=O)O)CC1)c1cccn1C1CC1. The van der Waals surface area contributed by atoms with E-state index in [1.54, 1.807) is 0 Å². The number of rotatable bonds is 5. The van der Waals surface area contributed by atoms with Crippen LogP contribution >= 0.6 is 0 Å². The van der Waals surface area contributed by atoms with Crippen LogP contribution in [-0.2, 0) is 4.79 Å². The minimum Gasteiger partial charge on any atom is -0.481 e. The van der Waals surface area contributed by atoms with Crippen LogP contribution < -0.4 is 5.32 Å². The normalized spacial score (nSPS) is 25.5. The molecule has 0 atom stereocenters. The van der Waals surface area contributed by atoms with Gasteiger partial charge in [-0.25, -0.2) is 0 Å². The molecule has 1 aromatic rings. The lowest BCUT2D eigenvalue weighted by atomic mass is 9.82. The second kappa shape index (κ2) is 5.92. The fourth-order valence-electron chi connectivity index (χ4n) is 3.20. The van der Waals surface area contributed by atoms with Crippen LogP contribution in [0.15, 0.2) is 18.3 Å². The highest BCUT2D eigenvalue weighted by molar-refractivity contribution is 5.92. The first-order valence-electron chi connectivity index (χ1n) is 7.83. The van der Waals surface area contributed by atoms with Gasteiger partial charge in [0.15, 0.2) is 0 Å². The third-order valence-electron chi connectivity index (χ3n) is 4.70. The molecule has 0 aliphatic heterocycles. The van der Waals surface area contributed by atoms with Crippen molar-refractivity contribution in [2.75, 3.05) is 6.54 Å². The predicted molar refractivity (Wildman–Crippen MR) is 78.1 cm³/mol. The standard InChI is InChI=1S/C16H22N2O3/c19-15(14-2-1-9-18(14)13-7-8-13)17-10-11-3-5-12(6-4-11)16(20)21/h1-2,9,11-13H,3-8,10H2,(H,17,19)(H,20,21). The van der Waals surface area contributed by atoms with Gasteiger partial charge in [0.2, 0.25) is 0 Å². The van der Waals surface area contributed by atoms with Crippen LogP contribution in [0.2, 0.25) is 0 Å². The van der Waals surface area contributed by atoms with Crippen molar-refractivity contribution < 1.29 is 14.7 Å². The average molecular weight is 290 g/mol. The summed E-state index contributed by atoms with van der Waals surface area (Å²) >= 11 is 0. The Labute approximate surface area is 124 Å². The van der Waals surface area contributed by atoms with Crippen LogP contribution in [-0.4, -0.2) is 28.1 Å². The molecular weight excluding hydrogens is 268 g/mol. The number of amides is 1. The Morgan fingerprint density at radius 3 is 2.52 bits per heavy atom. The van der Waals surface area contributed by atoms with Crippen LogP contribution in [0.4, 0.5) is 0 Å². The molecule has 21 heavy (non-hydrogen) atoms. The molecule has 2 saturated carbocycles. The maximum Gasteiger partial charge on any atom is 0.306 e.